The number of benzene rings is 2. The second-order valence-electron chi connectivity index (χ2n) is 8.84. The fourth-order valence-corrected chi connectivity index (χ4v) is 4.05. The number of anilines is 2. The Bertz CT molecular complexity index is 1120. The largest absolute Gasteiger partial charge is 0.508 e. The minimum atomic E-state index is -0.375. The van der Waals surface area contributed by atoms with Gasteiger partial charge in [0.2, 0.25) is 0 Å². The highest BCUT2D eigenvalue weighted by Crippen LogP contribution is 2.35. The molecule has 1 fully saturated rings. The molecule has 30 heavy (non-hydrogen) atoms. The Kier molecular flexibility index (Phi) is 5.02. The first-order valence-electron chi connectivity index (χ1n) is 10.3. The summed E-state index contributed by atoms with van der Waals surface area (Å²) in [6.45, 7) is 7.81. The maximum atomic E-state index is 13.2. The summed E-state index contributed by atoms with van der Waals surface area (Å²) >= 11 is 0. The third-order valence-corrected chi connectivity index (χ3v) is 5.61. The smallest absolute Gasteiger partial charge is 0.296 e. The number of aromatic nitrogens is 2. The lowest BCUT2D eigenvalue weighted by Gasteiger charge is -2.24. The van der Waals surface area contributed by atoms with Crippen molar-refractivity contribution in [3.05, 3.63) is 64.4 Å². The molecule has 0 spiro atoms. The molecule has 0 saturated carbocycles. The van der Waals surface area contributed by atoms with Crippen molar-refractivity contribution in [3.63, 3.8) is 0 Å². The third-order valence-electron chi connectivity index (χ3n) is 5.61. The number of rotatable bonds is 3. The Labute approximate surface area is 176 Å². The quantitative estimate of drug-likeness (QED) is 0.687. The van der Waals surface area contributed by atoms with Crippen LogP contribution in [-0.4, -0.2) is 28.0 Å². The number of aromatic hydroxyl groups is 1. The van der Waals surface area contributed by atoms with Crippen molar-refractivity contribution >= 4 is 11.4 Å². The van der Waals surface area contributed by atoms with Gasteiger partial charge in [-0.1, -0.05) is 57.2 Å². The summed E-state index contributed by atoms with van der Waals surface area (Å²) in [5, 5.41) is 15.3. The van der Waals surface area contributed by atoms with Gasteiger partial charge in [-0.05, 0) is 29.9 Å². The average Bonchev–Trinajstić information content (AvgIpc) is 3.23. The Morgan fingerprint density at radius 3 is 2.30 bits per heavy atom. The molecule has 0 amide bonds. The minimum absolute atomic E-state index is 0.136. The SMILES string of the molecule is CC(C)(C)c1ccc(-n2nc(-c3ccccc3)c(N3CCCC3)c(N)c2=O)cc1O. The summed E-state index contributed by atoms with van der Waals surface area (Å²) in [6.07, 6.45) is 2.14. The van der Waals surface area contributed by atoms with Gasteiger partial charge >= 0.3 is 0 Å². The average molecular weight is 405 g/mol. The lowest BCUT2D eigenvalue weighted by molar-refractivity contribution is 0.446. The fraction of sp³-hybridized carbons (Fsp3) is 0.333. The van der Waals surface area contributed by atoms with Crippen molar-refractivity contribution in [2.24, 2.45) is 0 Å². The van der Waals surface area contributed by atoms with Crippen LogP contribution >= 0.6 is 0 Å². The van der Waals surface area contributed by atoms with Crippen LogP contribution in [-0.2, 0) is 5.41 Å². The van der Waals surface area contributed by atoms with E-state index in [1.807, 2.05) is 57.2 Å². The summed E-state index contributed by atoms with van der Waals surface area (Å²) in [4.78, 5) is 15.3. The van der Waals surface area contributed by atoms with Gasteiger partial charge in [0, 0.05) is 24.7 Å². The van der Waals surface area contributed by atoms with Gasteiger partial charge in [0.25, 0.3) is 5.56 Å². The summed E-state index contributed by atoms with van der Waals surface area (Å²) in [5.74, 6) is 0.136. The van der Waals surface area contributed by atoms with Gasteiger partial charge < -0.3 is 15.7 Å². The maximum Gasteiger partial charge on any atom is 0.296 e. The summed E-state index contributed by atoms with van der Waals surface area (Å²) < 4.78 is 1.30. The number of nitrogens with zero attached hydrogens (tertiary/aromatic N) is 3. The Balaban J connectivity index is 1.93. The standard InChI is InChI=1S/C24H28N4O2/c1-24(2,3)18-12-11-17(15-19(18)29)28-23(30)20(25)22(27-13-7-8-14-27)21(26-28)16-9-5-4-6-10-16/h4-6,9-12,15,29H,7-8,13-14,25H2,1-3H3. The lowest BCUT2D eigenvalue weighted by atomic mass is 9.86. The zero-order chi connectivity index (χ0) is 21.5. The van der Waals surface area contributed by atoms with Crippen LogP contribution in [0.3, 0.4) is 0 Å². The molecule has 6 nitrogen and oxygen atoms in total. The van der Waals surface area contributed by atoms with Crippen LogP contribution in [0.15, 0.2) is 53.3 Å². The molecule has 0 unspecified atom stereocenters. The topological polar surface area (TPSA) is 84.4 Å². The van der Waals surface area contributed by atoms with E-state index in [1.54, 1.807) is 12.1 Å². The third kappa shape index (κ3) is 3.54. The monoisotopic (exact) mass is 404 g/mol. The Morgan fingerprint density at radius 2 is 1.70 bits per heavy atom. The molecule has 1 aromatic heterocycles. The van der Waals surface area contributed by atoms with E-state index in [9.17, 15) is 9.90 Å². The normalized spacial score (nSPS) is 14.3. The fourth-order valence-electron chi connectivity index (χ4n) is 4.05. The molecular weight excluding hydrogens is 376 g/mol. The predicted molar refractivity (Wildman–Crippen MR) is 121 cm³/mol. The van der Waals surface area contributed by atoms with E-state index >= 15 is 0 Å². The van der Waals surface area contributed by atoms with E-state index in [2.05, 4.69) is 4.90 Å². The molecule has 0 atom stereocenters. The van der Waals surface area contributed by atoms with E-state index in [1.165, 1.54) is 4.68 Å². The molecule has 1 aliphatic heterocycles. The number of hydrogen-bond donors (Lipinski definition) is 2. The van der Waals surface area contributed by atoms with Gasteiger partial charge in [0.15, 0.2) is 0 Å². The first-order chi connectivity index (χ1) is 14.3. The summed E-state index contributed by atoms with van der Waals surface area (Å²) in [6, 6.07) is 15.0. The molecule has 1 saturated heterocycles. The van der Waals surface area contributed by atoms with E-state index < -0.39 is 0 Å². The molecule has 2 heterocycles. The predicted octanol–water partition coefficient (Wildman–Crippen LogP) is 4.09. The van der Waals surface area contributed by atoms with E-state index in [4.69, 9.17) is 10.8 Å². The van der Waals surface area contributed by atoms with Crippen LogP contribution in [0.1, 0.15) is 39.2 Å². The van der Waals surface area contributed by atoms with Crippen molar-refractivity contribution in [2.75, 3.05) is 23.7 Å². The number of phenols is 1. The molecular formula is C24H28N4O2. The number of hydrogen-bond acceptors (Lipinski definition) is 5. The number of phenolic OH excluding ortho intramolecular Hbond substituents is 1. The zero-order valence-corrected chi connectivity index (χ0v) is 17.7. The number of nitrogen functional groups attached to an aromatic ring is 1. The zero-order valence-electron chi connectivity index (χ0n) is 17.7. The van der Waals surface area contributed by atoms with Crippen molar-refractivity contribution in [3.8, 4) is 22.7 Å². The summed E-state index contributed by atoms with van der Waals surface area (Å²) in [5.41, 5.74) is 9.57. The Hall–Kier alpha value is -3.28. The molecule has 6 heteroatoms. The van der Waals surface area contributed by atoms with Gasteiger partial charge in [0.1, 0.15) is 17.1 Å². The molecule has 3 aromatic rings. The highest BCUT2D eigenvalue weighted by atomic mass is 16.3. The lowest BCUT2D eigenvalue weighted by Crippen LogP contribution is -2.30. The molecule has 0 aliphatic carbocycles. The van der Waals surface area contributed by atoms with Crippen LogP contribution in [0.4, 0.5) is 11.4 Å². The van der Waals surface area contributed by atoms with Crippen LogP contribution in [0.2, 0.25) is 0 Å². The van der Waals surface area contributed by atoms with Gasteiger partial charge in [-0.15, -0.1) is 0 Å². The molecule has 2 aromatic carbocycles. The number of nitrogens with two attached hydrogens (primary N) is 1. The van der Waals surface area contributed by atoms with E-state index in [-0.39, 0.29) is 22.4 Å². The van der Waals surface area contributed by atoms with Crippen molar-refractivity contribution < 1.29 is 5.11 Å². The van der Waals surface area contributed by atoms with Gasteiger partial charge in [-0.2, -0.15) is 9.78 Å². The highest BCUT2D eigenvalue weighted by molar-refractivity contribution is 5.84. The molecule has 0 radical (unpaired) electrons. The van der Waals surface area contributed by atoms with Gasteiger partial charge in [0.05, 0.1) is 11.4 Å². The second kappa shape index (κ2) is 7.52. The molecule has 0 bridgehead atoms. The van der Waals surface area contributed by atoms with Crippen LogP contribution in [0.5, 0.6) is 5.75 Å². The van der Waals surface area contributed by atoms with Gasteiger partial charge in [-0.25, -0.2) is 0 Å². The van der Waals surface area contributed by atoms with Crippen LogP contribution in [0.25, 0.3) is 16.9 Å². The molecule has 3 N–H and O–H groups in total. The Morgan fingerprint density at radius 1 is 1.03 bits per heavy atom. The van der Waals surface area contributed by atoms with Crippen molar-refractivity contribution in [1.29, 1.82) is 0 Å². The molecule has 156 valence electrons. The van der Waals surface area contributed by atoms with Crippen LogP contribution < -0.4 is 16.2 Å². The summed E-state index contributed by atoms with van der Waals surface area (Å²) in [7, 11) is 0. The van der Waals surface area contributed by atoms with Gasteiger partial charge in [-0.3, -0.25) is 4.79 Å². The maximum absolute atomic E-state index is 13.2. The van der Waals surface area contributed by atoms with E-state index in [0.717, 1.165) is 37.1 Å². The van der Waals surface area contributed by atoms with Crippen LogP contribution in [0, 0.1) is 0 Å². The molecule has 4 rings (SSSR count). The minimum Gasteiger partial charge on any atom is -0.508 e. The van der Waals surface area contributed by atoms with Crippen molar-refractivity contribution in [2.45, 2.75) is 39.0 Å². The second-order valence-corrected chi connectivity index (χ2v) is 8.84. The first-order valence-corrected chi connectivity index (χ1v) is 10.3. The van der Waals surface area contributed by atoms with E-state index in [0.29, 0.717) is 17.1 Å². The van der Waals surface area contributed by atoms with Crippen molar-refractivity contribution in [1.82, 2.24) is 9.78 Å². The molecule has 1 aliphatic rings. The first kappa shape index (κ1) is 20.0. The highest BCUT2D eigenvalue weighted by Gasteiger charge is 2.25.